The second-order valence-corrected chi connectivity index (χ2v) is 7.90. The Hall–Kier alpha value is -3.53. The molecule has 2 heterocycles. The molecule has 162 valence electrons. The Morgan fingerprint density at radius 1 is 1.00 bits per heavy atom. The summed E-state index contributed by atoms with van der Waals surface area (Å²) >= 11 is 0. The monoisotopic (exact) mass is 421 g/mol. The molecule has 0 aromatic heterocycles. The van der Waals surface area contributed by atoms with Crippen molar-refractivity contribution in [3.05, 3.63) is 47.5 Å². The molecule has 0 radical (unpaired) electrons. The molecule has 0 aliphatic carbocycles. The van der Waals surface area contributed by atoms with Crippen LogP contribution >= 0.6 is 0 Å². The minimum Gasteiger partial charge on any atom is -0.496 e. The van der Waals surface area contributed by atoms with E-state index in [1.807, 2.05) is 43.3 Å². The first kappa shape index (κ1) is 22.2. The number of methoxy groups -OCH3 is 2. The number of amides is 2. The van der Waals surface area contributed by atoms with E-state index < -0.39 is 5.41 Å². The molecule has 0 spiro atoms. The maximum Gasteiger partial charge on any atom is 0.238 e. The van der Waals surface area contributed by atoms with Crippen molar-refractivity contribution >= 4 is 23.2 Å². The fourth-order valence-corrected chi connectivity index (χ4v) is 4.40. The van der Waals surface area contributed by atoms with E-state index in [4.69, 9.17) is 14.7 Å². The molecule has 31 heavy (non-hydrogen) atoms. The number of likely N-dealkylation sites (N-methyl/N-ethyl adjacent to an activating group) is 2. The molecule has 7 nitrogen and oxygen atoms in total. The lowest BCUT2D eigenvalue weighted by Crippen LogP contribution is -2.35. The average Bonchev–Trinajstić information content (AvgIpc) is 3.12. The third-order valence-electron chi connectivity index (χ3n) is 6.10. The standard InChI is InChI=1S/C13H14N2O2.C11H13NO2/c1-13(7-8-14)11-9(15(2)12(13)16)5-4-6-10(11)17-3;1-7-10-8(12(2)11(7)13)5-4-6-9(10)14-3/h4-6H,7H2,1-3H3;4-7H,1-3H3. The topological polar surface area (TPSA) is 82.9 Å². The van der Waals surface area contributed by atoms with Crippen LogP contribution in [0.4, 0.5) is 11.4 Å². The maximum atomic E-state index is 12.3. The molecule has 2 aliphatic heterocycles. The van der Waals surface area contributed by atoms with E-state index in [0.717, 1.165) is 28.3 Å². The van der Waals surface area contributed by atoms with Crippen LogP contribution in [0.25, 0.3) is 0 Å². The summed E-state index contributed by atoms with van der Waals surface area (Å²) in [5.41, 5.74) is 2.80. The second kappa shape index (κ2) is 8.31. The predicted molar refractivity (Wildman–Crippen MR) is 119 cm³/mol. The first-order valence-corrected chi connectivity index (χ1v) is 10.00. The largest absolute Gasteiger partial charge is 0.496 e. The fraction of sp³-hybridized carbons (Fsp3) is 0.375. The van der Waals surface area contributed by atoms with Gasteiger partial charge in [-0.1, -0.05) is 12.1 Å². The smallest absolute Gasteiger partial charge is 0.238 e. The molecule has 2 amide bonds. The quantitative estimate of drug-likeness (QED) is 0.756. The molecule has 7 heteroatoms. The van der Waals surface area contributed by atoms with Crippen LogP contribution in [-0.4, -0.2) is 40.1 Å². The van der Waals surface area contributed by atoms with Gasteiger partial charge in [-0.25, -0.2) is 0 Å². The Labute approximate surface area is 182 Å². The van der Waals surface area contributed by atoms with E-state index >= 15 is 0 Å². The van der Waals surface area contributed by atoms with Crippen LogP contribution in [0, 0.1) is 11.3 Å². The highest BCUT2D eigenvalue weighted by Gasteiger charge is 2.48. The van der Waals surface area contributed by atoms with Crippen LogP contribution in [0.15, 0.2) is 36.4 Å². The van der Waals surface area contributed by atoms with Gasteiger partial charge in [-0.15, -0.1) is 0 Å². The van der Waals surface area contributed by atoms with Gasteiger partial charge < -0.3 is 19.3 Å². The van der Waals surface area contributed by atoms with Gasteiger partial charge in [0.05, 0.1) is 49.4 Å². The van der Waals surface area contributed by atoms with E-state index in [9.17, 15) is 9.59 Å². The Balaban J connectivity index is 0.000000179. The number of fused-ring (bicyclic) bond motifs is 2. The fourth-order valence-electron chi connectivity index (χ4n) is 4.40. The minimum atomic E-state index is -0.800. The van der Waals surface area contributed by atoms with Crippen molar-refractivity contribution in [2.45, 2.75) is 31.6 Å². The van der Waals surface area contributed by atoms with Crippen LogP contribution in [-0.2, 0) is 15.0 Å². The number of anilines is 2. The zero-order valence-electron chi connectivity index (χ0n) is 18.7. The summed E-state index contributed by atoms with van der Waals surface area (Å²) < 4.78 is 10.6. The minimum absolute atomic E-state index is 0.0569. The van der Waals surface area contributed by atoms with Gasteiger partial charge in [0.15, 0.2) is 0 Å². The molecular weight excluding hydrogens is 394 g/mol. The van der Waals surface area contributed by atoms with E-state index in [-0.39, 0.29) is 24.2 Å². The van der Waals surface area contributed by atoms with E-state index in [0.29, 0.717) is 5.75 Å². The molecule has 2 aromatic rings. The zero-order valence-corrected chi connectivity index (χ0v) is 18.7. The summed E-state index contributed by atoms with van der Waals surface area (Å²) in [5, 5.41) is 8.92. The van der Waals surface area contributed by atoms with E-state index in [1.54, 1.807) is 45.0 Å². The number of carbonyl (C=O) groups excluding carboxylic acids is 2. The Kier molecular flexibility index (Phi) is 5.94. The summed E-state index contributed by atoms with van der Waals surface area (Å²) in [6.07, 6.45) is 0.156. The summed E-state index contributed by atoms with van der Waals surface area (Å²) in [6.45, 7) is 3.70. The highest BCUT2D eigenvalue weighted by Crippen LogP contribution is 2.47. The lowest BCUT2D eigenvalue weighted by Gasteiger charge is -2.20. The maximum absolute atomic E-state index is 12.3. The molecule has 0 fully saturated rings. The number of nitrogens with zero attached hydrogens (tertiary/aromatic N) is 3. The molecule has 4 rings (SSSR count). The van der Waals surface area contributed by atoms with Gasteiger partial charge >= 0.3 is 0 Å². The zero-order chi connectivity index (χ0) is 22.9. The lowest BCUT2D eigenvalue weighted by atomic mass is 9.80. The molecular formula is C24H27N3O4. The van der Waals surface area contributed by atoms with Crippen molar-refractivity contribution in [2.75, 3.05) is 38.1 Å². The molecule has 0 N–H and O–H groups in total. The average molecular weight is 421 g/mol. The molecule has 0 bridgehead atoms. The van der Waals surface area contributed by atoms with Gasteiger partial charge in [-0.2, -0.15) is 5.26 Å². The van der Waals surface area contributed by atoms with Gasteiger partial charge in [0.1, 0.15) is 11.5 Å². The SMILES string of the molecule is COc1cccc2c1C(C)(CC#N)C(=O)N2C.COc1cccc2c1C(C)C(=O)N2C. The third-order valence-corrected chi connectivity index (χ3v) is 6.10. The lowest BCUT2D eigenvalue weighted by molar-refractivity contribution is -0.122. The molecule has 0 saturated heterocycles. The summed E-state index contributed by atoms with van der Waals surface area (Å²) in [6, 6.07) is 13.4. The van der Waals surface area contributed by atoms with Gasteiger partial charge in [0.25, 0.3) is 0 Å². The van der Waals surface area contributed by atoms with Crippen molar-refractivity contribution in [3.8, 4) is 17.6 Å². The van der Waals surface area contributed by atoms with E-state index in [2.05, 4.69) is 6.07 Å². The number of benzene rings is 2. The highest BCUT2D eigenvalue weighted by atomic mass is 16.5. The Bertz CT molecular complexity index is 1070. The van der Waals surface area contributed by atoms with Crippen LogP contribution in [0.1, 0.15) is 37.3 Å². The number of rotatable bonds is 3. The number of hydrogen-bond donors (Lipinski definition) is 0. The van der Waals surface area contributed by atoms with Crippen LogP contribution in [0.2, 0.25) is 0 Å². The second-order valence-electron chi connectivity index (χ2n) is 7.90. The van der Waals surface area contributed by atoms with Gasteiger partial charge in [-0.05, 0) is 38.1 Å². The third kappa shape index (κ3) is 3.38. The Morgan fingerprint density at radius 2 is 1.58 bits per heavy atom. The molecule has 2 aromatic carbocycles. The predicted octanol–water partition coefficient (Wildman–Crippen LogP) is 3.62. The normalized spacial score (nSPS) is 21.1. The van der Waals surface area contributed by atoms with Gasteiger partial charge in [0, 0.05) is 25.2 Å². The van der Waals surface area contributed by atoms with Crippen molar-refractivity contribution in [3.63, 3.8) is 0 Å². The first-order valence-electron chi connectivity index (χ1n) is 10.00. The first-order chi connectivity index (χ1) is 14.7. The molecule has 0 saturated carbocycles. The highest BCUT2D eigenvalue weighted by molar-refractivity contribution is 6.08. The van der Waals surface area contributed by atoms with Crippen molar-refractivity contribution in [1.29, 1.82) is 5.26 Å². The number of carbonyl (C=O) groups is 2. The van der Waals surface area contributed by atoms with Gasteiger partial charge in [-0.3, -0.25) is 9.59 Å². The molecule has 2 atom stereocenters. The molecule has 2 unspecified atom stereocenters. The van der Waals surface area contributed by atoms with Crippen molar-refractivity contribution < 1.29 is 19.1 Å². The summed E-state index contributed by atoms with van der Waals surface area (Å²) in [7, 11) is 6.73. The van der Waals surface area contributed by atoms with Gasteiger partial charge in [0.2, 0.25) is 11.8 Å². The number of nitriles is 1. The summed E-state index contributed by atoms with van der Waals surface area (Å²) in [4.78, 5) is 27.2. The number of ether oxygens (including phenoxy) is 2. The molecule has 2 aliphatic rings. The number of hydrogen-bond acceptors (Lipinski definition) is 5. The summed E-state index contributed by atoms with van der Waals surface area (Å²) in [5.74, 6) is 1.44. The van der Waals surface area contributed by atoms with E-state index in [1.165, 1.54) is 0 Å². The van der Waals surface area contributed by atoms with Crippen LogP contribution in [0.3, 0.4) is 0 Å². The van der Waals surface area contributed by atoms with Crippen LogP contribution in [0.5, 0.6) is 11.5 Å². The van der Waals surface area contributed by atoms with Crippen LogP contribution < -0.4 is 19.3 Å². The van der Waals surface area contributed by atoms with Crippen molar-refractivity contribution in [2.24, 2.45) is 0 Å². The Morgan fingerprint density at radius 3 is 2.16 bits per heavy atom. The van der Waals surface area contributed by atoms with Crippen molar-refractivity contribution in [1.82, 2.24) is 0 Å².